The lowest BCUT2D eigenvalue weighted by atomic mass is 9.76. The van der Waals surface area contributed by atoms with Crippen molar-refractivity contribution in [1.82, 2.24) is 5.01 Å². The number of aromatic hydroxyl groups is 1. The van der Waals surface area contributed by atoms with Crippen molar-refractivity contribution in [3.8, 4) is 11.5 Å². The molecule has 1 heterocycles. The first-order valence-corrected chi connectivity index (χ1v) is 10.1. The van der Waals surface area contributed by atoms with Crippen molar-refractivity contribution in [2.75, 3.05) is 7.11 Å². The molecule has 2 atom stereocenters. The molecule has 5 heteroatoms. The Kier molecular flexibility index (Phi) is 5.19. The number of nitrogens with zero attached hydrogens (tertiary/aromatic N) is 2. The van der Waals surface area contributed by atoms with Crippen LogP contribution in [-0.4, -0.2) is 34.9 Å². The van der Waals surface area contributed by atoms with Gasteiger partial charge in [0.15, 0.2) is 11.5 Å². The molecule has 5 nitrogen and oxygen atoms in total. The van der Waals surface area contributed by atoms with Crippen molar-refractivity contribution < 1.29 is 14.6 Å². The molecule has 1 aromatic carbocycles. The minimum atomic E-state index is -0.0463. The Hall–Kier alpha value is -2.30. The second kappa shape index (κ2) is 7.75. The van der Waals surface area contributed by atoms with Gasteiger partial charge in [0.2, 0.25) is 5.91 Å². The maximum absolute atomic E-state index is 13.2. The molecule has 1 fully saturated rings. The van der Waals surface area contributed by atoms with Gasteiger partial charge in [-0.3, -0.25) is 4.79 Å². The second-order valence-electron chi connectivity index (χ2n) is 7.86. The van der Waals surface area contributed by atoms with Gasteiger partial charge in [-0.1, -0.05) is 37.8 Å². The van der Waals surface area contributed by atoms with Crippen LogP contribution in [0.3, 0.4) is 0 Å². The highest BCUT2D eigenvalue weighted by atomic mass is 16.5. The van der Waals surface area contributed by atoms with Gasteiger partial charge < -0.3 is 9.84 Å². The van der Waals surface area contributed by atoms with E-state index in [-0.39, 0.29) is 29.5 Å². The molecule has 1 aromatic rings. The molecular weight excluding hydrogens is 340 g/mol. The summed E-state index contributed by atoms with van der Waals surface area (Å²) in [6, 6.07) is 5.63. The van der Waals surface area contributed by atoms with E-state index >= 15 is 0 Å². The number of phenolic OH excluding ortho intramolecular Hbond substituents is 1. The highest BCUT2D eigenvalue weighted by Gasteiger charge is 2.42. The Morgan fingerprint density at radius 2 is 1.78 bits per heavy atom. The number of hydrogen-bond donors (Lipinski definition) is 1. The number of hydrazone groups is 1. The number of amides is 1. The predicted molar refractivity (Wildman–Crippen MR) is 105 cm³/mol. The van der Waals surface area contributed by atoms with E-state index in [1.807, 2.05) is 6.07 Å². The summed E-state index contributed by atoms with van der Waals surface area (Å²) >= 11 is 0. The highest BCUT2D eigenvalue weighted by Crippen LogP contribution is 2.38. The lowest BCUT2D eigenvalue weighted by molar-refractivity contribution is -0.140. The summed E-state index contributed by atoms with van der Waals surface area (Å²) in [5.41, 5.74) is 1.80. The van der Waals surface area contributed by atoms with Crippen LogP contribution < -0.4 is 4.74 Å². The first kappa shape index (κ1) is 18.1. The smallest absolute Gasteiger partial charge is 0.247 e. The Morgan fingerprint density at radius 3 is 2.44 bits per heavy atom. The van der Waals surface area contributed by atoms with Gasteiger partial charge in [0.05, 0.1) is 24.8 Å². The number of benzene rings is 1. The van der Waals surface area contributed by atoms with Crippen LogP contribution >= 0.6 is 0 Å². The Balaban J connectivity index is 1.73. The van der Waals surface area contributed by atoms with Crippen LogP contribution in [0.4, 0.5) is 0 Å². The van der Waals surface area contributed by atoms with Crippen molar-refractivity contribution in [1.29, 1.82) is 0 Å². The maximum Gasteiger partial charge on any atom is 0.247 e. The number of rotatable bonds is 3. The van der Waals surface area contributed by atoms with Crippen molar-refractivity contribution in [3.05, 3.63) is 35.9 Å². The number of allylic oxidation sites excluding steroid dienone is 2. The number of ether oxygens (including phenoxy) is 1. The van der Waals surface area contributed by atoms with Crippen molar-refractivity contribution in [2.45, 2.75) is 57.4 Å². The van der Waals surface area contributed by atoms with E-state index in [4.69, 9.17) is 9.84 Å². The molecule has 144 valence electrons. The number of methoxy groups -OCH3 is 1. The summed E-state index contributed by atoms with van der Waals surface area (Å²) in [7, 11) is 1.54. The van der Waals surface area contributed by atoms with Gasteiger partial charge in [0, 0.05) is 11.5 Å². The van der Waals surface area contributed by atoms with Gasteiger partial charge in [0.1, 0.15) is 0 Å². The Morgan fingerprint density at radius 1 is 1.07 bits per heavy atom. The van der Waals surface area contributed by atoms with Crippen LogP contribution in [-0.2, 0) is 4.79 Å². The first-order valence-electron chi connectivity index (χ1n) is 10.1. The summed E-state index contributed by atoms with van der Waals surface area (Å²) in [6.07, 6.45) is 12.7. The third-order valence-electron chi connectivity index (χ3n) is 6.19. The predicted octanol–water partition coefficient (Wildman–Crippen LogP) is 4.25. The van der Waals surface area contributed by atoms with Crippen molar-refractivity contribution >= 4 is 11.6 Å². The minimum Gasteiger partial charge on any atom is -0.504 e. The highest BCUT2D eigenvalue weighted by molar-refractivity contribution is 6.07. The van der Waals surface area contributed by atoms with E-state index < -0.39 is 0 Å². The van der Waals surface area contributed by atoms with Gasteiger partial charge in [-0.05, 0) is 43.9 Å². The normalized spacial score (nSPS) is 26.3. The van der Waals surface area contributed by atoms with Crippen LogP contribution in [0.15, 0.2) is 35.5 Å². The van der Waals surface area contributed by atoms with E-state index in [2.05, 4.69) is 12.2 Å². The standard InChI is InChI=1S/C22H28N2O3/c1-27-20-13-12-15(14-19(20)25)21-17-10-6-7-11-18(17)22(26)24(23-21)16-8-4-2-3-5-9-16/h6-7,12-14,16-18,25H,2-5,8-11H2,1H3/t17-,18+/m1/s1. The SMILES string of the molecule is COc1ccc(C2=NN(C3CCCCCC3)C(=O)[C@H]3CC=CC[C@@H]23)cc1O. The first-order chi connectivity index (χ1) is 13.2. The summed E-state index contributed by atoms with van der Waals surface area (Å²) in [4.78, 5) is 13.2. The quantitative estimate of drug-likeness (QED) is 0.641. The Bertz CT molecular complexity index is 763. The molecule has 0 aromatic heterocycles. The van der Waals surface area contributed by atoms with Crippen molar-refractivity contribution in [3.63, 3.8) is 0 Å². The number of hydrogen-bond acceptors (Lipinski definition) is 4. The maximum atomic E-state index is 13.2. The molecule has 27 heavy (non-hydrogen) atoms. The zero-order valence-electron chi connectivity index (χ0n) is 15.9. The lowest BCUT2D eigenvalue weighted by Crippen LogP contribution is -2.49. The van der Waals surface area contributed by atoms with Crippen LogP contribution in [0.1, 0.15) is 56.9 Å². The lowest BCUT2D eigenvalue weighted by Gasteiger charge is -2.40. The largest absolute Gasteiger partial charge is 0.504 e. The van der Waals surface area contributed by atoms with Gasteiger partial charge in [-0.25, -0.2) is 5.01 Å². The molecule has 0 unspecified atom stereocenters. The van der Waals surface area contributed by atoms with Gasteiger partial charge in [0.25, 0.3) is 0 Å². The third kappa shape index (κ3) is 3.47. The van der Waals surface area contributed by atoms with E-state index in [1.165, 1.54) is 12.8 Å². The van der Waals surface area contributed by atoms with Crippen molar-refractivity contribution in [2.24, 2.45) is 16.9 Å². The van der Waals surface area contributed by atoms with Gasteiger partial charge in [-0.2, -0.15) is 5.10 Å². The van der Waals surface area contributed by atoms with E-state index in [1.54, 1.807) is 24.3 Å². The molecule has 0 bridgehead atoms. The van der Waals surface area contributed by atoms with Crippen LogP contribution in [0.2, 0.25) is 0 Å². The number of fused-ring (bicyclic) bond motifs is 1. The fraction of sp³-hybridized carbons (Fsp3) is 0.545. The molecule has 0 radical (unpaired) electrons. The fourth-order valence-corrected chi connectivity index (χ4v) is 4.68. The molecule has 1 amide bonds. The van der Waals surface area contributed by atoms with Gasteiger partial charge >= 0.3 is 0 Å². The topological polar surface area (TPSA) is 62.1 Å². The van der Waals surface area contributed by atoms with E-state index in [9.17, 15) is 9.90 Å². The van der Waals surface area contributed by atoms with Crippen LogP contribution in [0, 0.1) is 11.8 Å². The average Bonchev–Trinajstić information content (AvgIpc) is 2.98. The molecule has 0 saturated heterocycles. The van der Waals surface area contributed by atoms with Crippen LogP contribution in [0.25, 0.3) is 0 Å². The summed E-state index contributed by atoms with van der Waals surface area (Å²) in [5.74, 6) is 0.774. The monoisotopic (exact) mass is 368 g/mol. The third-order valence-corrected chi connectivity index (χ3v) is 6.19. The molecule has 1 N–H and O–H groups in total. The molecule has 4 rings (SSSR count). The minimum absolute atomic E-state index is 0.0463. The Labute approximate surface area is 160 Å². The zero-order valence-corrected chi connectivity index (χ0v) is 15.9. The molecule has 0 spiro atoms. The molecule has 1 saturated carbocycles. The summed E-state index contributed by atoms with van der Waals surface area (Å²) in [5, 5.41) is 16.9. The summed E-state index contributed by atoms with van der Waals surface area (Å²) < 4.78 is 5.18. The fourth-order valence-electron chi connectivity index (χ4n) is 4.68. The number of carbonyl (C=O) groups is 1. The molecular formula is C22H28N2O3. The number of phenols is 1. The summed E-state index contributed by atoms with van der Waals surface area (Å²) in [6.45, 7) is 0. The molecule has 2 aliphatic carbocycles. The van der Waals surface area contributed by atoms with E-state index in [0.29, 0.717) is 5.75 Å². The number of carbonyl (C=O) groups excluding carboxylic acids is 1. The average molecular weight is 368 g/mol. The van der Waals surface area contributed by atoms with E-state index in [0.717, 1.165) is 49.8 Å². The molecule has 1 aliphatic heterocycles. The van der Waals surface area contributed by atoms with Crippen LogP contribution in [0.5, 0.6) is 11.5 Å². The second-order valence-corrected chi connectivity index (χ2v) is 7.86. The van der Waals surface area contributed by atoms with Gasteiger partial charge in [-0.15, -0.1) is 0 Å². The molecule has 3 aliphatic rings. The zero-order chi connectivity index (χ0) is 18.8.